The van der Waals surface area contributed by atoms with Crippen LogP contribution in [0.2, 0.25) is 0 Å². The lowest BCUT2D eigenvalue weighted by Gasteiger charge is -2.47. The van der Waals surface area contributed by atoms with Crippen molar-refractivity contribution in [2.75, 3.05) is 11.0 Å². The summed E-state index contributed by atoms with van der Waals surface area (Å²) < 4.78 is 14.5. The molecule has 0 N–H and O–H groups in total. The lowest BCUT2D eigenvalue weighted by atomic mass is 9.68. The molecule has 0 radical (unpaired) electrons. The van der Waals surface area contributed by atoms with Crippen molar-refractivity contribution >= 4 is 22.6 Å². The van der Waals surface area contributed by atoms with E-state index >= 15 is 0 Å². The predicted molar refractivity (Wildman–Crippen MR) is 122 cm³/mol. The van der Waals surface area contributed by atoms with E-state index in [1.807, 2.05) is 12.1 Å². The van der Waals surface area contributed by atoms with E-state index in [0.717, 1.165) is 30.4 Å². The molecule has 1 atom stereocenters. The molecule has 3 aromatic carbocycles. The van der Waals surface area contributed by atoms with Crippen molar-refractivity contribution in [3.63, 3.8) is 0 Å². The molecule has 1 fully saturated rings. The van der Waals surface area contributed by atoms with Crippen molar-refractivity contribution in [2.24, 2.45) is 0 Å². The van der Waals surface area contributed by atoms with E-state index in [4.69, 9.17) is 0 Å². The molecule has 0 bridgehead atoms. The number of likely N-dealkylation sites (tertiary alicyclic amines) is 1. The van der Waals surface area contributed by atoms with Crippen molar-refractivity contribution < 1.29 is 4.39 Å². The quantitative estimate of drug-likeness (QED) is 0.307. The van der Waals surface area contributed by atoms with Crippen LogP contribution in [0, 0.1) is 5.82 Å². The molecule has 1 aliphatic heterocycles. The molecule has 0 amide bonds. The van der Waals surface area contributed by atoms with E-state index in [2.05, 4.69) is 88.2 Å². The van der Waals surface area contributed by atoms with Crippen molar-refractivity contribution in [1.29, 1.82) is 0 Å². The van der Waals surface area contributed by atoms with Gasteiger partial charge in [0.1, 0.15) is 5.82 Å². The van der Waals surface area contributed by atoms with Gasteiger partial charge in [0.25, 0.3) is 0 Å². The molecule has 1 nitrogen and oxygen atoms in total. The molecular formula is C25H25FIN. The summed E-state index contributed by atoms with van der Waals surface area (Å²) in [5.41, 5.74) is 3.94. The number of halogens is 2. The van der Waals surface area contributed by atoms with Gasteiger partial charge in [-0.25, -0.2) is 4.39 Å². The van der Waals surface area contributed by atoms with Crippen LogP contribution in [-0.4, -0.2) is 21.9 Å². The van der Waals surface area contributed by atoms with Crippen LogP contribution < -0.4 is 0 Å². The third-order valence-electron chi connectivity index (χ3n) is 6.02. The number of hydrogen-bond donors (Lipinski definition) is 0. The van der Waals surface area contributed by atoms with Crippen LogP contribution in [-0.2, 0) is 12.0 Å². The van der Waals surface area contributed by atoms with E-state index in [9.17, 15) is 4.39 Å². The van der Waals surface area contributed by atoms with Gasteiger partial charge in [-0.1, -0.05) is 95.4 Å². The second-order valence-corrected chi connectivity index (χ2v) is 8.57. The first-order valence-electron chi connectivity index (χ1n) is 9.87. The van der Waals surface area contributed by atoms with Gasteiger partial charge in [0.15, 0.2) is 0 Å². The van der Waals surface area contributed by atoms with Crippen LogP contribution in [0.4, 0.5) is 4.39 Å². The van der Waals surface area contributed by atoms with Gasteiger partial charge >= 0.3 is 0 Å². The summed E-state index contributed by atoms with van der Waals surface area (Å²) in [5, 5.41) is 0. The average molecular weight is 485 g/mol. The molecule has 1 unspecified atom stereocenters. The standard InChI is InChI=1S/C25H25FIN/c26-23-13-11-20(12-14-23)18-28-19-25(16-15-24(28)17-27,21-7-3-1-4-8-21)22-9-5-2-6-10-22/h1-14,24H,15-19H2. The lowest BCUT2D eigenvalue weighted by molar-refractivity contribution is 0.110. The molecule has 3 heteroatoms. The summed E-state index contributed by atoms with van der Waals surface area (Å²) in [6.07, 6.45) is 2.31. The smallest absolute Gasteiger partial charge is 0.123 e. The van der Waals surface area contributed by atoms with E-state index in [1.54, 1.807) is 12.1 Å². The number of benzene rings is 3. The topological polar surface area (TPSA) is 3.24 Å². The molecule has 144 valence electrons. The zero-order valence-electron chi connectivity index (χ0n) is 15.9. The van der Waals surface area contributed by atoms with Gasteiger partial charge in [-0.05, 0) is 41.7 Å². The maximum atomic E-state index is 13.4. The Hall–Kier alpha value is -1.72. The first-order valence-corrected chi connectivity index (χ1v) is 11.4. The SMILES string of the molecule is Fc1ccc(CN2CC(c3ccccc3)(c3ccccc3)CCC2CI)cc1. The highest BCUT2D eigenvalue weighted by Gasteiger charge is 2.41. The zero-order chi connectivity index (χ0) is 19.4. The summed E-state index contributed by atoms with van der Waals surface area (Å²) in [7, 11) is 0. The second kappa shape index (κ2) is 8.75. The Balaban J connectivity index is 1.72. The van der Waals surface area contributed by atoms with Gasteiger partial charge in [-0.15, -0.1) is 0 Å². The van der Waals surface area contributed by atoms with Crippen molar-refractivity contribution in [3.8, 4) is 0 Å². The minimum atomic E-state index is -0.171. The molecule has 0 aliphatic carbocycles. The largest absolute Gasteiger partial charge is 0.294 e. The molecule has 0 saturated carbocycles. The van der Waals surface area contributed by atoms with Crippen molar-refractivity contribution in [3.05, 3.63) is 107 Å². The average Bonchev–Trinajstić information content (AvgIpc) is 2.76. The highest BCUT2D eigenvalue weighted by atomic mass is 127. The van der Waals surface area contributed by atoms with Crippen LogP contribution in [0.15, 0.2) is 84.9 Å². The highest BCUT2D eigenvalue weighted by molar-refractivity contribution is 14.1. The number of hydrogen-bond acceptors (Lipinski definition) is 1. The Morgan fingerprint density at radius 1 is 0.857 bits per heavy atom. The minimum Gasteiger partial charge on any atom is -0.294 e. The summed E-state index contributed by atoms with van der Waals surface area (Å²) in [6, 6.07) is 29.4. The molecule has 1 saturated heterocycles. The van der Waals surface area contributed by atoms with Crippen molar-refractivity contribution in [1.82, 2.24) is 4.90 Å². The van der Waals surface area contributed by atoms with E-state index in [-0.39, 0.29) is 11.2 Å². The third-order valence-corrected chi connectivity index (χ3v) is 7.04. The Morgan fingerprint density at radius 2 is 1.43 bits per heavy atom. The lowest BCUT2D eigenvalue weighted by Crippen LogP contribution is -2.51. The molecule has 3 aromatic rings. The van der Waals surface area contributed by atoms with Crippen LogP contribution >= 0.6 is 22.6 Å². The molecular weight excluding hydrogens is 460 g/mol. The third kappa shape index (κ3) is 4.01. The molecule has 0 aromatic heterocycles. The van der Waals surface area contributed by atoms with Crippen LogP contribution in [0.1, 0.15) is 29.5 Å². The Morgan fingerprint density at radius 3 is 1.96 bits per heavy atom. The van der Waals surface area contributed by atoms with Gasteiger partial charge in [-0.3, -0.25) is 4.90 Å². The van der Waals surface area contributed by atoms with Gasteiger partial charge in [0, 0.05) is 29.0 Å². The second-order valence-electron chi connectivity index (χ2n) is 7.69. The summed E-state index contributed by atoms with van der Waals surface area (Å²) in [5.74, 6) is -0.171. The number of nitrogens with zero attached hydrogens (tertiary/aromatic N) is 1. The van der Waals surface area contributed by atoms with E-state index in [1.165, 1.54) is 16.7 Å². The summed E-state index contributed by atoms with van der Waals surface area (Å²) >= 11 is 2.51. The maximum Gasteiger partial charge on any atom is 0.123 e. The Kier molecular flexibility index (Phi) is 6.12. The summed E-state index contributed by atoms with van der Waals surface area (Å²) in [6.45, 7) is 1.83. The monoisotopic (exact) mass is 485 g/mol. The predicted octanol–water partition coefficient (Wildman–Crippen LogP) is 6.21. The van der Waals surface area contributed by atoms with Crippen LogP contribution in [0.5, 0.6) is 0 Å². The number of alkyl halides is 1. The van der Waals surface area contributed by atoms with E-state index < -0.39 is 0 Å². The Labute approximate surface area is 180 Å². The summed E-state index contributed by atoms with van der Waals surface area (Å²) in [4.78, 5) is 2.60. The highest BCUT2D eigenvalue weighted by Crippen LogP contribution is 2.42. The van der Waals surface area contributed by atoms with Gasteiger partial charge in [0.2, 0.25) is 0 Å². The van der Waals surface area contributed by atoms with Crippen LogP contribution in [0.25, 0.3) is 0 Å². The number of rotatable bonds is 5. The van der Waals surface area contributed by atoms with Gasteiger partial charge in [0.05, 0.1) is 0 Å². The first kappa shape index (κ1) is 19.6. The number of piperidine rings is 1. The molecule has 1 aliphatic rings. The molecule has 4 rings (SSSR count). The molecule has 0 spiro atoms. The fourth-order valence-electron chi connectivity index (χ4n) is 4.49. The Bertz CT molecular complexity index is 840. The normalized spacial score (nSPS) is 19.4. The minimum absolute atomic E-state index is 0.00907. The van der Waals surface area contributed by atoms with Gasteiger partial charge < -0.3 is 0 Å². The fourth-order valence-corrected chi connectivity index (χ4v) is 5.48. The molecule has 28 heavy (non-hydrogen) atoms. The van der Waals surface area contributed by atoms with E-state index in [0.29, 0.717) is 6.04 Å². The zero-order valence-corrected chi connectivity index (χ0v) is 18.1. The van der Waals surface area contributed by atoms with Gasteiger partial charge in [-0.2, -0.15) is 0 Å². The molecule has 1 heterocycles. The fraction of sp³-hybridized carbons (Fsp3) is 0.280. The van der Waals surface area contributed by atoms with Crippen molar-refractivity contribution in [2.45, 2.75) is 30.8 Å². The first-order chi connectivity index (χ1) is 13.7. The maximum absolute atomic E-state index is 13.4. The van der Waals surface area contributed by atoms with Crippen LogP contribution in [0.3, 0.4) is 0 Å².